The summed E-state index contributed by atoms with van der Waals surface area (Å²) in [6.45, 7) is 0.504. The van der Waals surface area contributed by atoms with Crippen LogP contribution in [0.5, 0.6) is 17.2 Å². The van der Waals surface area contributed by atoms with Crippen molar-refractivity contribution < 1.29 is 18.9 Å². The van der Waals surface area contributed by atoms with Gasteiger partial charge in [-0.05, 0) is 23.8 Å². The fourth-order valence-electron chi connectivity index (χ4n) is 2.26. The molecule has 0 saturated carbocycles. The Morgan fingerprint density at radius 2 is 1.16 bits per heavy atom. The lowest BCUT2D eigenvalue weighted by Crippen LogP contribution is -1.97. The summed E-state index contributed by atoms with van der Waals surface area (Å²) in [6, 6.07) is 7.66. The minimum atomic E-state index is 0.504. The largest absolute Gasteiger partial charge is 0.496 e. The number of fused-ring (bicyclic) bond motifs is 1. The van der Waals surface area contributed by atoms with Gasteiger partial charge in [-0.1, -0.05) is 6.07 Å². The average molecular weight is 262 g/mol. The van der Waals surface area contributed by atoms with Gasteiger partial charge in [-0.25, -0.2) is 0 Å². The molecule has 0 heterocycles. The zero-order valence-electron chi connectivity index (χ0n) is 11.6. The molecule has 19 heavy (non-hydrogen) atoms. The van der Waals surface area contributed by atoms with Crippen LogP contribution in [0.2, 0.25) is 0 Å². The molecule has 0 aliphatic heterocycles. The van der Waals surface area contributed by atoms with Crippen molar-refractivity contribution in [1.82, 2.24) is 0 Å². The molecule has 0 atom stereocenters. The van der Waals surface area contributed by atoms with Crippen LogP contribution in [0.25, 0.3) is 10.8 Å². The zero-order chi connectivity index (χ0) is 13.8. The molecule has 0 fully saturated rings. The summed E-state index contributed by atoms with van der Waals surface area (Å²) >= 11 is 0. The minimum Gasteiger partial charge on any atom is -0.496 e. The summed E-state index contributed by atoms with van der Waals surface area (Å²) in [7, 11) is 6.60. The van der Waals surface area contributed by atoms with Gasteiger partial charge in [-0.15, -0.1) is 0 Å². The lowest BCUT2D eigenvalue weighted by molar-refractivity contribution is 0.186. The summed E-state index contributed by atoms with van der Waals surface area (Å²) in [5, 5.41) is 1.86. The molecule has 0 saturated heterocycles. The molecule has 0 unspecified atom stereocenters. The Balaban J connectivity index is 2.85. The second-order valence-corrected chi connectivity index (χ2v) is 4.08. The van der Waals surface area contributed by atoms with Crippen molar-refractivity contribution in [2.75, 3.05) is 28.4 Å². The number of hydrogen-bond donors (Lipinski definition) is 0. The van der Waals surface area contributed by atoms with Gasteiger partial charge in [-0.3, -0.25) is 0 Å². The van der Waals surface area contributed by atoms with Gasteiger partial charge in [0.15, 0.2) is 0 Å². The van der Waals surface area contributed by atoms with Crippen LogP contribution < -0.4 is 14.2 Å². The quantitative estimate of drug-likeness (QED) is 0.830. The second-order valence-electron chi connectivity index (χ2n) is 4.08. The van der Waals surface area contributed by atoms with Crippen LogP contribution in [-0.2, 0) is 11.3 Å². The van der Waals surface area contributed by atoms with Crippen LogP contribution in [0.3, 0.4) is 0 Å². The van der Waals surface area contributed by atoms with Gasteiger partial charge in [0.1, 0.15) is 17.2 Å². The van der Waals surface area contributed by atoms with Crippen LogP contribution in [-0.4, -0.2) is 28.4 Å². The van der Waals surface area contributed by atoms with E-state index in [-0.39, 0.29) is 0 Å². The molecule has 102 valence electrons. The minimum absolute atomic E-state index is 0.504. The summed E-state index contributed by atoms with van der Waals surface area (Å²) in [6.07, 6.45) is 0. The number of ether oxygens (including phenoxy) is 4. The van der Waals surface area contributed by atoms with E-state index in [2.05, 4.69) is 0 Å². The molecule has 0 bridgehead atoms. The Bertz CT molecular complexity index is 568. The predicted octanol–water partition coefficient (Wildman–Crippen LogP) is 3.01. The maximum Gasteiger partial charge on any atom is 0.130 e. The van der Waals surface area contributed by atoms with Crippen LogP contribution in [0, 0.1) is 0 Å². The Morgan fingerprint density at radius 3 is 1.63 bits per heavy atom. The Hall–Kier alpha value is -1.94. The van der Waals surface area contributed by atoms with E-state index in [0.717, 1.165) is 33.6 Å². The van der Waals surface area contributed by atoms with Crippen molar-refractivity contribution in [2.45, 2.75) is 6.61 Å². The number of methoxy groups -OCH3 is 4. The third-order valence-corrected chi connectivity index (χ3v) is 3.09. The van der Waals surface area contributed by atoms with Gasteiger partial charge in [-0.2, -0.15) is 0 Å². The fourth-order valence-corrected chi connectivity index (χ4v) is 2.26. The van der Waals surface area contributed by atoms with Gasteiger partial charge < -0.3 is 18.9 Å². The Kier molecular flexibility index (Phi) is 4.12. The van der Waals surface area contributed by atoms with E-state index in [1.54, 1.807) is 28.4 Å². The predicted molar refractivity (Wildman–Crippen MR) is 74.3 cm³/mol. The van der Waals surface area contributed by atoms with Gasteiger partial charge in [0, 0.05) is 12.5 Å². The first-order chi connectivity index (χ1) is 9.26. The summed E-state index contributed by atoms with van der Waals surface area (Å²) < 4.78 is 21.5. The van der Waals surface area contributed by atoms with E-state index in [4.69, 9.17) is 18.9 Å². The van der Waals surface area contributed by atoms with Gasteiger partial charge in [0.25, 0.3) is 0 Å². The first-order valence-electron chi connectivity index (χ1n) is 5.96. The summed E-state index contributed by atoms with van der Waals surface area (Å²) in [5.41, 5.74) is 1.04. The fraction of sp³-hybridized carbons (Fsp3) is 0.333. The summed E-state index contributed by atoms with van der Waals surface area (Å²) in [4.78, 5) is 0. The van der Waals surface area contributed by atoms with Gasteiger partial charge in [0.2, 0.25) is 0 Å². The average Bonchev–Trinajstić information content (AvgIpc) is 2.46. The monoisotopic (exact) mass is 262 g/mol. The molecule has 0 amide bonds. The first kappa shape index (κ1) is 13.5. The van der Waals surface area contributed by atoms with E-state index in [9.17, 15) is 0 Å². The highest BCUT2D eigenvalue weighted by atomic mass is 16.5. The second kappa shape index (κ2) is 5.80. The SMILES string of the molecule is COCc1ccc(OC)c2c(OC)ccc(OC)c12. The van der Waals surface area contributed by atoms with Crippen molar-refractivity contribution in [3.63, 3.8) is 0 Å². The third-order valence-electron chi connectivity index (χ3n) is 3.09. The zero-order valence-corrected chi connectivity index (χ0v) is 11.6. The van der Waals surface area contributed by atoms with Gasteiger partial charge >= 0.3 is 0 Å². The molecule has 2 aromatic carbocycles. The van der Waals surface area contributed by atoms with E-state index in [1.807, 2.05) is 24.3 Å². The standard InChI is InChI=1S/C15H18O4/c1-16-9-10-5-6-12(18-3)15-13(19-4)8-7-11(17-2)14(10)15/h5-8H,9H2,1-4H3. The molecule has 0 N–H and O–H groups in total. The van der Waals surface area contributed by atoms with Crippen molar-refractivity contribution in [2.24, 2.45) is 0 Å². The molecular formula is C15H18O4. The third kappa shape index (κ3) is 2.31. The van der Waals surface area contributed by atoms with E-state index >= 15 is 0 Å². The van der Waals surface area contributed by atoms with Crippen molar-refractivity contribution in [1.29, 1.82) is 0 Å². The van der Waals surface area contributed by atoms with Crippen molar-refractivity contribution in [3.8, 4) is 17.2 Å². The van der Waals surface area contributed by atoms with Crippen LogP contribution in [0.4, 0.5) is 0 Å². The molecule has 4 heteroatoms. The van der Waals surface area contributed by atoms with Crippen molar-refractivity contribution >= 4 is 10.8 Å². The van der Waals surface area contributed by atoms with Crippen LogP contribution in [0.15, 0.2) is 24.3 Å². The smallest absolute Gasteiger partial charge is 0.130 e. The molecule has 0 aliphatic rings. The lowest BCUT2D eigenvalue weighted by atomic mass is 10.0. The lowest BCUT2D eigenvalue weighted by Gasteiger charge is -2.16. The van der Waals surface area contributed by atoms with E-state index in [0.29, 0.717) is 6.61 Å². The molecule has 2 aromatic rings. The molecule has 0 spiro atoms. The number of rotatable bonds is 5. The molecule has 2 rings (SSSR count). The van der Waals surface area contributed by atoms with Crippen LogP contribution >= 0.6 is 0 Å². The van der Waals surface area contributed by atoms with E-state index in [1.165, 1.54) is 0 Å². The summed E-state index contributed by atoms with van der Waals surface area (Å²) in [5.74, 6) is 2.29. The van der Waals surface area contributed by atoms with E-state index < -0.39 is 0 Å². The van der Waals surface area contributed by atoms with Gasteiger partial charge in [0.05, 0.1) is 33.3 Å². The first-order valence-corrected chi connectivity index (χ1v) is 5.96. The Morgan fingerprint density at radius 1 is 0.684 bits per heavy atom. The highest BCUT2D eigenvalue weighted by molar-refractivity contribution is 6.00. The Labute approximate surface area is 112 Å². The van der Waals surface area contributed by atoms with Crippen LogP contribution in [0.1, 0.15) is 5.56 Å². The molecule has 4 nitrogen and oxygen atoms in total. The number of benzene rings is 2. The molecular weight excluding hydrogens is 244 g/mol. The molecule has 0 aromatic heterocycles. The normalized spacial score (nSPS) is 10.5. The number of hydrogen-bond acceptors (Lipinski definition) is 4. The van der Waals surface area contributed by atoms with Crippen molar-refractivity contribution in [3.05, 3.63) is 29.8 Å². The topological polar surface area (TPSA) is 36.9 Å². The molecule has 0 aliphatic carbocycles. The maximum absolute atomic E-state index is 5.45. The maximum atomic E-state index is 5.45. The highest BCUT2D eigenvalue weighted by Crippen LogP contribution is 2.41. The highest BCUT2D eigenvalue weighted by Gasteiger charge is 2.15. The molecule has 0 radical (unpaired) electrons.